The molecule has 0 N–H and O–H groups in total. The summed E-state index contributed by atoms with van der Waals surface area (Å²) in [5, 5.41) is 0. The summed E-state index contributed by atoms with van der Waals surface area (Å²) in [7, 11) is 0. The van der Waals surface area contributed by atoms with E-state index in [-0.39, 0.29) is 5.97 Å². The third kappa shape index (κ3) is 3.36. The zero-order valence-electron chi connectivity index (χ0n) is 11.2. The van der Waals surface area contributed by atoms with Gasteiger partial charge in [0.05, 0.1) is 6.61 Å². The van der Waals surface area contributed by atoms with E-state index in [1.165, 1.54) is 12.0 Å². The fraction of sp³-hybridized carbons (Fsp3) is 0.786. The molecule has 1 saturated carbocycles. The molecule has 1 fully saturated rings. The predicted octanol–water partition coefficient (Wildman–Crippen LogP) is 3.71. The maximum atomic E-state index is 11.7. The first-order valence-electron chi connectivity index (χ1n) is 6.21. The lowest BCUT2D eigenvalue weighted by molar-refractivity contribution is -0.138. The van der Waals surface area contributed by atoms with Crippen LogP contribution in [0.25, 0.3) is 0 Å². The monoisotopic (exact) mass is 224 g/mol. The average Bonchev–Trinajstić information content (AvgIpc) is 2.13. The molecule has 0 aromatic carbocycles. The number of hydrogen-bond donors (Lipinski definition) is 0. The SMILES string of the molecule is CCOC(=O)/C(C)=C1\CC(C)CC(C)(C)C1. The molecule has 92 valence electrons. The van der Waals surface area contributed by atoms with Gasteiger partial charge in [0, 0.05) is 5.57 Å². The Morgan fingerprint density at radius 2 is 2.12 bits per heavy atom. The molecule has 16 heavy (non-hydrogen) atoms. The van der Waals surface area contributed by atoms with Crippen molar-refractivity contribution in [2.75, 3.05) is 6.61 Å². The quantitative estimate of drug-likeness (QED) is 0.528. The topological polar surface area (TPSA) is 26.3 Å². The van der Waals surface area contributed by atoms with Crippen LogP contribution < -0.4 is 0 Å². The number of ether oxygens (including phenoxy) is 1. The second kappa shape index (κ2) is 5.03. The Balaban J connectivity index is 2.85. The van der Waals surface area contributed by atoms with Crippen LogP contribution in [0.2, 0.25) is 0 Å². The lowest BCUT2D eigenvalue weighted by Crippen LogP contribution is -2.24. The number of carbonyl (C=O) groups excluding carboxylic acids is 1. The van der Waals surface area contributed by atoms with Crippen molar-refractivity contribution >= 4 is 5.97 Å². The minimum absolute atomic E-state index is 0.137. The highest BCUT2D eigenvalue weighted by atomic mass is 16.5. The van der Waals surface area contributed by atoms with Gasteiger partial charge >= 0.3 is 5.97 Å². The molecule has 1 rings (SSSR count). The lowest BCUT2D eigenvalue weighted by Gasteiger charge is -2.36. The smallest absolute Gasteiger partial charge is 0.333 e. The minimum Gasteiger partial charge on any atom is -0.463 e. The Labute approximate surface area is 99.1 Å². The summed E-state index contributed by atoms with van der Waals surface area (Å²) in [6, 6.07) is 0. The number of esters is 1. The maximum Gasteiger partial charge on any atom is 0.333 e. The van der Waals surface area contributed by atoms with E-state index in [0.29, 0.717) is 17.9 Å². The molecule has 0 amide bonds. The maximum absolute atomic E-state index is 11.7. The van der Waals surface area contributed by atoms with Crippen LogP contribution in [0.15, 0.2) is 11.1 Å². The molecule has 2 heteroatoms. The standard InChI is InChI=1S/C14H24O2/c1-6-16-13(15)11(3)12-7-10(2)8-14(4,5)9-12/h10H,6-9H2,1-5H3/b12-11+. The highest BCUT2D eigenvalue weighted by Crippen LogP contribution is 2.42. The summed E-state index contributed by atoms with van der Waals surface area (Å²) < 4.78 is 5.06. The van der Waals surface area contributed by atoms with Gasteiger partial charge in [-0.1, -0.05) is 26.3 Å². The largest absolute Gasteiger partial charge is 0.463 e. The van der Waals surface area contributed by atoms with Gasteiger partial charge < -0.3 is 4.74 Å². The highest BCUT2D eigenvalue weighted by molar-refractivity contribution is 5.88. The fourth-order valence-corrected chi connectivity index (χ4v) is 2.83. The van der Waals surface area contributed by atoms with Crippen molar-refractivity contribution in [3.63, 3.8) is 0 Å². The molecule has 0 aliphatic heterocycles. The van der Waals surface area contributed by atoms with Crippen molar-refractivity contribution in [2.45, 2.75) is 53.9 Å². The molecule has 1 aliphatic carbocycles. The van der Waals surface area contributed by atoms with Gasteiger partial charge in [-0.15, -0.1) is 0 Å². The zero-order chi connectivity index (χ0) is 12.3. The molecular weight excluding hydrogens is 200 g/mol. The van der Waals surface area contributed by atoms with Crippen LogP contribution >= 0.6 is 0 Å². The number of rotatable bonds is 2. The van der Waals surface area contributed by atoms with Gasteiger partial charge in [-0.3, -0.25) is 0 Å². The number of hydrogen-bond acceptors (Lipinski definition) is 2. The molecule has 2 nitrogen and oxygen atoms in total. The van der Waals surface area contributed by atoms with Gasteiger partial charge in [0.15, 0.2) is 0 Å². The molecule has 1 atom stereocenters. The summed E-state index contributed by atoms with van der Waals surface area (Å²) in [5.74, 6) is 0.533. The fourth-order valence-electron chi connectivity index (χ4n) is 2.83. The number of allylic oxidation sites excluding steroid dienone is 1. The number of carbonyl (C=O) groups is 1. The van der Waals surface area contributed by atoms with Crippen LogP contribution in [-0.2, 0) is 9.53 Å². The van der Waals surface area contributed by atoms with Crippen molar-refractivity contribution in [1.29, 1.82) is 0 Å². The molecule has 1 unspecified atom stereocenters. The Morgan fingerprint density at radius 3 is 2.62 bits per heavy atom. The minimum atomic E-state index is -0.137. The lowest BCUT2D eigenvalue weighted by atomic mass is 9.69. The Kier molecular flexibility index (Phi) is 4.17. The van der Waals surface area contributed by atoms with Crippen LogP contribution in [0.5, 0.6) is 0 Å². The van der Waals surface area contributed by atoms with E-state index >= 15 is 0 Å². The molecule has 0 radical (unpaired) electrons. The third-order valence-corrected chi connectivity index (χ3v) is 3.30. The van der Waals surface area contributed by atoms with E-state index in [1.807, 2.05) is 13.8 Å². The van der Waals surface area contributed by atoms with E-state index in [1.54, 1.807) is 0 Å². The first-order valence-corrected chi connectivity index (χ1v) is 6.21. The van der Waals surface area contributed by atoms with E-state index in [2.05, 4.69) is 20.8 Å². The van der Waals surface area contributed by atoms with Crippen molar-refractivity contribution in [3.05, 3.63) is 11.1 Å². The first-order chi connectivity index (χ1) is 7.35. The highest BCUT2D eigenvalue weighted by Gasteiger charge is 2.30. The van der Waals surface area contributed by atoms with Crippen LogP contribution in [0.1, 0.15) is 53.9 Å². The van der Waals surface area contributed by atoms with Gasteiger partial charge in [0.25, 0.3) is 0 Å². The Bertz CT molecular complexity index is 300. The van der Waals surface area contributed by atoms with E-state index < -0.39 is 0 Å². The van der Waals surface area contributed by atoms with Crippen molar-refractivity contribution < 1.29 is 9.53 Å². The van der Waals surface area contributed by atoms with Gasteiger partial charge in [0.1, 0.15) is 0 Å². The summed E-state index contributed by atoms with van der Waals surface area (Å²) in [6.07, 6.45) is 3.32. The molecule has 0 heterocycles. The second-order valence-electron chi connectivity index (χ2n) is 5.80. The Hall–Kier alpha value is -0.790. The van der Waals surface area contributed by atoms with Gasteiger partial charge in [-0.05, 0) is 44.4 Å². The summed E-state index contributed by atoms with van der Waals surface area (Å²) in [5.41, 5.74) is 2.45. The van der Waals surface area contributed by atoms with Gasteiger partial charge in [0.2, 0.25) is 0 Å². The van der Waals surface area contributed by atoms with E-state index in [0.717, 1.165) is 18.4 Å². The summed E-state index contributed by atoms with van der Waals surface area (Å²) >= 11 is 0. The van der Waals surface area contributed by atoms with E-state index in [4.69, 9.17) is 4.74 Å². The normalized spacial score (nSPS) is 27.4. The van der Waals surface area contributed by atoms with Crippen molar-refractivity contribution in [3.8, 4) is 0 Å². The molecule has 0 spiro atoms. The molecule has 0 aromatic heterocycles. The first kappa shape index (κ1) is 13.3. The Morgan fingerprint density at radius 1 is 1.50 bits per heavy atom. The molecule has 1 aliphatic rings. The van der Waals surface area contributed by atoms with Gasteiger partial charge in [-0.2, -0.15) is 0 Å². The van der Waals surface area contributed by atoms with Crippen LogP contribution in [0.3, 0.4) is 0 Å². The molecule has 0 saturated heterocycles. The van der Waals surface area contributed by atoms with Crippen LogP contribution in [-0.4, -0.2) is 12.6 Å². The third-order valence-electron chi connectivity index (χ3n) is 3.30. The molecule has 0 bridgehead atoms. The average molecular weight is 224 g/mol. The van der Waals surface area contributed by atoms with Gasteiger partial charge in [-0.25, -0.2) is 4.79 Å². The molecule has 0 aromatic rings. The zero-order valence-corrected chi connectivity index (χ0v) is 11.2. The van der Waals surface area contributed by atoms with Crippen molar-refractivity contribution in [2.24, 2.45) is 11.3 Å². The summed E-state index contributed by atoms with van der Waals surface area (Å²) in [4.78, 5) is 11.7. The second-order valence-corrected chi connectivity index (χ2v) is 5.80. The molecular formula is C14H24O2. The predicted molar refractivity (Wildman–Crippen MR) is 66.1 cm³/mol. The van der Waals surface area contributed by atoms with Crippen LogP contribution in [0.4, 0.5) is 0 Å². The van der Waals surface area contributed by atoms with Crippen molar-refractivity contribution in [1.82, 2.24) is 0 Å². The summed E-state index contributed by atoms with van der Waals surface area (Å²) in [6.45, 7) is 11.0. The van der Waals surface area contributed by atoms with E-state index in [9.17, 15) is 4.79 Å². The van der Waals surface area contributed by atoms with Crippen LogP contribution in [0, 0.1) is 11.3 Å².